The molecule has 1 aliphatic rings. The van der Waals surface area contributed by atoms with Gasteiger partial charge in [-0.25, -0.2) is 0 Å². The summed E-state index contributed by atoms with van der Waals surface area (Å²) in [5, 5.41) is 0. The molecule has 22 heavy (non-hydrogen) atoms. The molecule has 1 aliphatic carbocycles. The largest absolute Gasteiger partial charge is 0.0602 e. The van der Waals surface area contributed by atoms with Crippen molar-refractivity contribution in [3.63, 3.8) is 0 Å². The second-order valence-electron chi connectivity index (χ2n) is 9.28. The van der Waals surface area contributed by atoms with Gasteiger partial charge in [0.05, 0.1) is 0 Å². The number of rotatable bonds is 7. The minimum Gasteiger partial charge on any atom is -0.0602 e. The van der Waals surface area contributed by atoms with Crippen LogP contribution in [-0.2, 0) is 12.8 Å². The topological polar surface area (TPSA) is 0 Å². The summed E-state index contributed by atoms with van der Waals surface area (Å²) < 4.78 is 0. The minimum absolute atomic E-state index is 0.460. The summed E-state index contributed by atoms with van der Waals surface area (Å²) in [6.07, 6.45) is 10.8. The average molecular weight is 301 g/mol. The summed E-state index contributed by atoms with van der Waals surface area (Å²) in [6.45, 7) is 14.1. The molecule has 0 heterocycles. The van der Waals surface area contributed by atoms with E-state index in [4.69, 9.17) is 0 Å². The molecule has 0 spiro atoms. The zero-order valence-corrected chi connectivity index (χ0v) is 15.8. The first kappa shape index (κ1) is 17.6. The maximum absolute atomic E-state index is 2.47. The van der Waals surface area contributed by atoms with Gasteiger partial charge in [-0.05, 0) is 98.3 Å². The Morgan fingerprint density at radius 2 is 1.41 bits per heavy atom. The molecular formula is C22H36. The summed E-state index contributed by atoms with van der Waals surface area (Å²) in [4.78, 5) is 0. The molecule has 1 fully saturated rings. The van der Waals surface area contributed by atoms with Crippen molar-refractivity contribution < 1.29 is 0 Å². The van der Waals surface area contributed by atoms with Crippen molar-refractivity contribution >= 4 is 0 Å². The van der Waals surface area contributed by atoms with E-state index in [0.29, 0.717) is 10.8 Å². The van der Waals surface area contributed by atoms with E-state index in [2.05, 4.69) is 53.7 Å². The van der Waals surface area contributed by atoms with E-state index in [1.807, 2.05) is 0 Å². The Morgan fingerprint density at radius 3 is 1.86 bits per heavy atom. The van der Waals surface area contributed by atoms with Crippen LogP contribution in [0.3, 0.4) is 0 Å². The second-order valence-corrected chi connectivity index (χ2v) is 9.28. The predicted molar refractivity (Wildman–Crippen MR) is 98.6 cm³/mol. The molecule has 0 radical (unpaired) electrons. The molecule has 2 rings (SSSR count). The summed E-state index contributed by atoms with van der Waals surface area (Å²) in [6, 6.07) is 4.93. The normalized spacial score (nSPS) is 16.8. The maximum atomic E-state index is 2.47. The molecule has 0 atom stereocenters. The number of hydrogen-bond donors (Lipinski definition) is 0. The van der Waals surface area contributed by atoms with Gasteiger partial charge in [0.15, 0.2) is 0 Å². The van der Waals surface area contributed by atoms with Crippen LogP contribution in [0.2, 0.25) is 0 Å². The van der Waals surface area contributed by atoms with Crippen molar-refractivity contribution in [2.75, 3.05) is 0 Å². The molecule has 0 aliphatic heterocycles. The van der Waals surface area contributed by atoms with Gasteiger partial charge in [-0.2, -0.15) is 0 Å². The van der Waals surface area contributed by atoms with E-state index in [9.17, 15) is 0 Å². The molecule has 0 unspecified atom stereocenters. The first-order chi connectivity index (χ1) is 10.2. The SMILES string of the molecule is Cc1cc(CCCC2(C)CC2)c(C)cc1CCCC(C)(C)C. The first-order valence-electron chi connectivity index (χ1n) is 9.28. The molecule has 0 aromatic heterocycles. The molecule has 0 N–H and O–H groups in total. The lowest BCUT2D eigenvalue weighted by atomic mass is 9.87. The monoisotopic (exact) mass is 300 g/mol. The van der Waals surface area contributed by atoms with Crippen LogP contribution in [0.4, 0.5) is 0 Å². The minimum atomic E-state index is 0.460. The fourth-order valence-electron chi connectivity index (χ4n) is 3.45. The van der Waals surface area contributed by atoms with Crippen LogP contribution in [-0.4, -0.2) is 0 Å². The van der Waals surface area contributed by atoms with E-state index >= 15 is 0 Å². The smallest absolute Gasteiger partial charge is 0.0276 e. The van der Waals surface area contributed by atoms with Gasteiger partial charge < -0.3 is 0 Å². The van der Waals surface area contributed by atoms with E-state index in [1.54, 1.807) is 11.1 Å². The van der Waals surface area contributed by atoms with Crippen molar-refractivity contribution in [1.82, 2.24) is 0 Å². The molecule has 1 aromatic carbocycles. The standard InChI is InChI=1S/C22H36/c1-17-16-20(10-8-12-22(6)13-14-22)18(2)15-19(17)9-7-11-21(3,4)5/h15-16H,7-14H2,1-6H3. The highest BCUT2D eigenvalue weighted by molar-refractivity contribution is 5.37. The fourth-order valence-corrected chi connectivity index (χ4v) is 3.45. The lowest BCUT2D eigenvalue weighted by molar-refractivity contribution is 0.365. The van der Waals surface area contributed by atoms with Crippen LogP contribution < -0.4 is 0 Å². The Kier molecular flexibility index (Phi) is 5.41. The Bertz CT molecular complexity index is 461. The van der Waals surface area contributed by atoms with Crippen molar-refractivity contribution in [3.8, 4) is 0 Å². The van der Waals surface area contributed by atoms with Crippen LogP contribution >= 0.6 is 0 Å². The van der Waals surface area contributed by atoms with Gasteiger partial charge in [0.25, 0.3) is 0 Å². The van der Waals surface area contributed by atoms with Gasteiger partial charge in [-0.1, -0.05) is 39.8 Å². The Labute approximate surface area is 138 Å². The van der Waals surface area contributed by atoms with Crippen molar-refractivity contribution in [2.24, 2.45) is 10.8 Å². The Hall–Kier alpha value is -0.780. The van der Waals surface area contributed by atoms with E-state index < -0.39 is 0 Å². The highest BCUT2D eigenvalue weighted by Gasteiger charge is 2.36. The fraction of sp³-hybridized carbons (Fsp3) is 0.727. The summed E-state index contributed by atoms with van der Waals surface area (Å²) >= 11 is 0. The van der Waals surface area contributed by atoms with E-state index in [-0.39, 0.29) is 0 Å². The molecule has 1 aromatic rings. The second kappa shape index (κ2) is 6.77. The summed E-state index contributed by atoms with van der Waals surface area (Å²) in [5.74, 6) is 0. The van der Waals surface area contributed by atoms with Gasteiger partial charge in [0.1, 0.15) is 0 Å². The predicted octanol–water partition coefficient (Wildman–Crippen LogP) is 6.80. The zero-order chi connectivity index (χ0) is 16.4. The highest BCUT2D eigenvalue weighted by atomic mass is 14.4. The van der Waals surface area contributed by atoms with E-state index in [0.717, 1.165) is 0 Å². The summed E-state index contributed by atoms with van der Waals surface area (Å²) in [5.41, 5.74) is 7.34. The third kappa shape index (κ3) is 5.45. The molecule has 0 bridgehead atoms. The zero-order valence-electron chi connectivity index (χ0n) is 15.8. The van der Waals surface area contributed by atoms with Crippen molar-refractivity contribution in [3.05, 3.63) is 34.4 Å². The van der Waals surface area contributed by atoms with Gasteiger partial charge >= 0.3 is 0 Å². The van der Waals surface area contributed by atoms with Gasteiger partial charge in [0.2, 0.25) is 0 Å². The molecule has 0 saturated heterocycles. The number of aryl methyl sites for hydroxylation is 4. The Morgan fingerprint density at radius 1 is 0.909 bits per heavy atom. The molecule has 1 saturated carbocycles. The third-order valence-electron chi connectivity index (χ3n) is 5.50. The van der Waals surface area contributed by atoms with Crippen molar-refractivity contribution in [2.45, 2.75) is 92.9 Å². The molecule has 0 amide bonds. The number of benzene rings is 1. The molecule has 0 heteroatoms. The highest BCUT2D eigenvalue weighted by Crippen LogP contribution is 2.49. The van der Waals surface area contributed by atoms with Crippen molar-refractivity contribution in [1.29, 1.82) is 0 Å². The van der Waals surface area contributed by atoms with Gasteiger partial charge in [-0.15, -0.1) is 0 Å². The number of hydrogen-bond acceptors (Lipinski definition) is 0. The molecule has 124 valence electrons. The van der Waals surface area contributed by atoms with Crippen LogP contribution in [0.15, 0.2) is 12.1 Å². The quantitative estimate of drug-likeness (QED) is 0.519. The summed E-state index contributed by atoms with van der Waals surface area (Å²) in [7, 11) is 0. The Balaban J connectivity index is 1.89. The average Bonchev–Trinajstić information content (AvgIpc) is 3.11. The van der Waals surface area contributed by atoms with Crippen LogP contribution in [0, 0.1) is 24.7 Å². The maximum Gasteiger partial charge on any atom is -0.0276 e. The molecular weight excluding hydrogens is 264 g/mol. The van der Waals surface area contributed by atoms with Crippen LogP contribution in [0.5, 0.6) is 0 Å². The lowest BCUT2D eigenvalue weighted by Gasteiger charge is -2.18. The van der Waals surface area contributed by atoms with Gasteiger partial charge in [-0.3, -0.25) is 0 Å². The molecule has 0 nitrogen and oxygen atoms in total. The van der Waals surface area contributed by atoms with E-state index in [1.165, 1.54) is 62.5 Å². The van der Waals surface area contributed by atoms with Gasteiger partial charge in [0, 0.05) is 0 Å². The van der Waals surface area contributed by atoms with Crippen LogP contribution in [0.1, 0.15) is 88.5 Å². The first-order valence-corrected chi connectivity index (χ1v) is 9.28. The third-order valence-corrected chi connectivity index (χ3v) is 5.50. The lowest BCUT2D eigenvalue weighted by Crippen LogP contribution is -2.06. The van der Waals surface area contributed by atoms with Crippen LogP contribution in [0.25, 0.3) is 0 Å².